The molecule has 1 amide bonds. The molecular formula is C14H21Cl2N3O3S. The molecule has 1 atom stereocenters. The van der Waals surface area contributed by atoms with Crippen LogP contribution in [0.4, 0.5) is 0 Å². The minimum atomic E-state index is -3.54. The number of benzene rings is 1. The fraction of sp³-hybridized carbons (Fsp3) is 0.500. The van der Waals surface area contributed by atoms with Crippen LogP contribution in [0.2, 0.25) is 5.02 Å². The fourth-order valence-electron chi connectivity index (χ4n) is 2.34. The van der Waals surface area contributed by atoms with E-state index in [1.54, 1.807) is 24.0 Å². The van der Waals surface area contributed by atoms with Crippen molar-refractivity contribution in [3.8, 4) is 0 Å². The summed E-state index contributed by atoms with van der Waals surface area (Å²) >= 11 is 5.78. The van der Waals surface area contributed by atoms with Gasteiger partial charge in [0, 0.05) is 43.7 Å². The normalized spacial score (nSPS) is 17.4. The monoisotopic (exact) mass is 381 g/mol. The van der Waals surface area contributed by atoms with Crippen molar-refractivity contribution < 1.29 is 13.2 Å². The maximum absolute atomic E-state index is 12.5. The molecule has 1 heterocycles. The number of rotatable bonds is 4. The summed E-state index contributed by atoms with van der Waals surface area (Å²) in [4.78, 5) is 13.8. The first kappa shape index (κ1) is 20.2. The molecule has 130 valence electrons. The number of halogens is 2. The third kappa shape index (κ3) is 5.06. The Bertz CT molecular complexity index is 627. The van der Waals surface area contributed by atoms with E-state index in [9.17, 15) is 13.2 Å². The fourth-order valence-corrected chi connectivity index (χ4v) is 3.89. The van der Waals surface area contributed by atoms with E-state index in [0.29, 0.717) is 18.1 Å². The molecule has 0 aromatic heterocycles. The topological polar surface area (TPSA) is 83.7 Å². The highest BCUT2D eigenvalue weighted by atomic mass is 35.5. The smallest absolute Gasteiger partial charge is 0.243 e. The predicted octanol–water partition coefficient (Wildman–Crippen LogP) is 1.33. The zero-order valence-corrected chi connectivity index (χ0v) is 15.2. The highest BCUT2D eigenvalue weighted by molar-refractivity contribution is 7.89. The van der Waals surface area contributed by atoms with E-state index in [4.69, 9.17) is 17.3 Å². The first-order valence-corrected chi connectivity index (χ1v) is 8.91. The third-order valence-corrected chi connectivity index (χ3v) is 5.70. The molecule has 0 aliphatic carbocycles. The molecule has 6 nitrogen and oxygen atoms in total. The summed E-state index contributed by atoms with van der Waals surface area (Å²) in [6, 6.07) is 5.90. The Kier molecular flexibility index (Phi) is 7.29. The van der Waals surface area contributed by atoms with Crippen LogP contribution in [0.1, 0.15) is 13.3 Å². The average molecular weight is 382 g/mol. The number of piperazine rings is 1. The summed E-state index contributed by atoms with van der Waals surface area (Å²) in [7, 11) is -3.54. The van der Waals surface area contributed by atoms with Crippen LogP contribution in [0.3, 0.4) is 0 Å². The molecule has 1 aromatic carbocycles. The van der Waals surface area contributed by atoms with Gasteiger partial charge in [-0.1, -0.05) is 11.6 Å². The Morgan fingerprint density at radius 2 is 1.74 bits per heavy atom. The first-order chi connectivity index (χ1) is 10.3. The Balaban J connectivity index is 0.00000264. The summed E-state index contributed by atoms with van der Waals surface area (Å²) in [5, 5.41) is 0.491. The highest BCUT2D eigenvalue weighted by Crippen LogP contribution is 2.20. The second-order valence-electron chi connectivity index (χ2n) is 5.42. The van der Waals surface area contributed by atoms with Crippen LogP contribution >= 0.6 is 24.0 Å². The van der Waals surface area contributed by atoms with Crippen molar-refractivity contribution in [2.24, 2.45) is 5.73 Å². The number of carbonyl (C=O) groups is 1. The van der Waals surface area contributed by atoms with Crippen LogP contribution in [0.15, 0.2) is 29.2 Å². The van der Waals surface area contributed by atoms with E-state index in [0.717, 1.165) is 0 Å². The number of hydrogen-bond acceptors (Lipinski definition) is 4. The lowest BCUT2D eigenvalue weighted by molar-refractivity contribution is -0.132. The van der Waals surface area contributed by atoms with Crippen molar-refractivity contribution >= 4 is 39.9 Å². The van der Waals surface area contributed by atoms with Crippen LogP contribution in [0.25, 0.3) is 0 Å². The summed E-state index contributed by atoms with van der Waals surface area (Å²) in [5.41, 5.74) is 5.62. The second kappa shape index (κ2) is 8.30. The summed E-state index contributed by atoms with van der Waals surface area (Å²) in [5.74, 6) is -0.0291. The van der Waals surface area contributed by atoms with Crippen LogP contribution in [-0.4, -0.2) is 55.8 Å². The molecule has 2 rings (SSSR count). The van der Waals surface area contributed by atoms with Gasteiger partial charge in [0.1, 0.15) is 0 Å². The van der Waals surface area contributed by atoms with Crippen LogP contribution in [0.5, 0.6) is 0 Å². The molecule has 1 unspecified atom stereocenters. The number of nitrogens with two attached hydrogens (primary N) is 1. The lowest BCUT2D eigenvalue weighted by Gasteiger charge is -2.34. The van der Waals surface area contributed by atoms with Crippen molar-refractivity contribution in [2.75, 3.05) is 26.2 Å². The van der Waals surface area contributed by atoms with Crippen molar-refractivity contribution in [3.63, 3.8) is 0 Å². The second-order valence-corrected chi connectivity index (χ2v) is 7.79. The van der Waals surface area contributed by atoms with Gasteiger partial charge in [0.15, 0.2) is 0 Å². The molecule has 2 N–H and O–H groups in total. The van der Waals surface area contributed by atoms with Crippen molar-refractivity contribution in [3.05, 3.63) is 29.3 Å². The Morgan fingerprint density at radius 3 is 2.22 bits per heavy atom. The number of carbonyl (C=O) groups excluding carboxylic acids is 1. The quantitative estimate of drug-likeness (QED) is 0.852. The third-order valence-electron chi connectivity index (χ3n) is 3.54. The molecule has 0 spiro atoms. The molecule has 1 aromatic rings. The van der Waals surface area contributed by atoms with E-state index < -0.39 is 10.0 Å². The van der Waals surface area contributed by atoms with Crippen molar-refractivity contribution in [1.29, 1.82) is 0 Å². The van der Waals surface area contributed by atoms with Gasteiger partial charge in [-0.2, -0.15) is 4.31 Å². The van der Waals surface area contributed by atoms with Crippen LogP contribution < -0.4 is 5.73 Å². The van der Waals surface area contributed by atoms with Gasteiger partial charge in [-0.05, 0) is 31.2 Å². The maximum Gasteiger partial charge on any atom is 0.243 e. The number of amides is 1. The van der Waals surface area contributed by atoms with Crippen molar-refractivity contribution in [1.82, 2.24) is 9.21 Å². The summed E-state index contributed by atoms with van der Waals surface area (Å²) in [6.07, 6.45) is 0.282. The Hall–Kier alpha value is -0.860. The molecule has 0 saturated carbocycles. The molecule has 23 heavy (non-hydrogen) atoms. The molecule has 1 aliphatic heterocycles. The van der Waals surface area contributed by atoms with Gasteiger partial charge >= 0.3 is 0 Å². The van der Waals surface area contributed by atoms with E-state index >= 15 is 0 Å². The Labute approximate surface area is 148 Å². The van der Waals surface area contributed by atoms with Gasteiger partial charge < -0.3 is 10.6 Å². The van der Waals surface area contributed by atoms with Gasteiger partial charge in [0.05, 0.1) is 4.90 Å². The van der Waals surface area contributed by atoms with Crippen LogP contribution in [0, 0.1) is 0 Å². The molecular weight excluding hydrogens is 361 g/mol. The van der Waals surface area contributed by atoms with E-state index in [1.165, 1.54) is 16.4 Å². The van der Waals surface area contributed by atoms with E-state index in [-0.39, 0.29) is 48.8 Å². The molecule has 9 heteroatoms. The number of nitrogens with zero attached hydrogens (tertiary/aromatic N) is 2. The predicted molar refractivity (Wildman–Crippen MR) is 92.3 cm³/mol. The van der Waals surface area contributed by atoms with Gasteiger partial charge in [-0.15, -0.1) is 12.4 Å². The zero-order chi connectivity index (χ0) is 16.3. The SMILES string of the molecule is CC(N)CC(=O)N1CCN(S(=O)(=O)c2ccc(Cl)cc2)CC1.Cl. The van der Waals surface area contributed by atoms with E-state index in [2.05, 4.69) is 0 Å². The summed E-state index contributed by atoms with van der Waals surface area (Å²) in [6.45, 7) is 3.13. The molecule has 1 aliphatic rings. The molecule has 0 bridgehead atoms. The van der Waals surface area contributed by atoms with Gasteiger partial charge in [0.2, 0.25) is 15.9 Å². The molecule has 0 radical (unpaired) electrons. The van der Waals surface area contributed by atoms with Gasteiger partial charge in [0.25, 0.3) is 0 Å². The summed E-state index contributed by atoms with van der Waals surface area (Å²) < 4.78 is 26.4. The minimum absolute atomic E-state index is 0. The van der Waals surface area contributed by atoms with Crippen LogP contribution in [-0.2, 0) is 14.8 Å². The Morgan fingerprint density at radius 1 is 1.22 bits per heavy atom. The lowest BCUT2D eigenvalue weighted by atomic mass is 10.2. The van der Waals surface area contributed by atoms with Gasteiger partial charge in [-0.3, -0.25) is 4.79 Å². The highest BCUT2D eigenvalue weighted by Gasteiger charge is 2.30. The zero-order valence-electron chi connectivity index (χ0n) is 12.8. The molecule has 1 saturated heterocycles. The minimum Gasteiger partial charge on any atom is -0.340 e. The number of sulfonamides is 1. The lowest BCUT2D eigenvalue weighted by Crippen LogP contribution is -2.51. The first-order valence-electron chi connectivity index (χ1n) is 7.10. The average Bonchev–Trinajstić information content (AvgIpc) is 2.47. The van der Waals surface area contributed by atoms with Gasteiger partial charge in [-0.25, -0.2) is 8.42 Å². The standard InChI is InChI=1S/C14H20ClN3O3S.ClH/c1-11(16)10-14(19)17-6-8-18(9-7-17)22(20,21)13-4-2-12(15)3-5-13;/h2-5,11H,6-10,16H2,1H3;1H. The number of hydrogen-bond donors (Lipinski definition) is 1. The van der Waals surface area contributed by atoms with Crippen molar-refractivity contribution in [2.45, 2.75) is 24.3 Å². The van der Waals surface area contributed by atoms with E-state index in [1.807, 2.05) is 0 Å². The molecule has 1 fully saturated rings. The maximum atomic E-state index is 12.5. The largest absolute Gasteiger partial charge is 0.340 e.